The molecule has 2 aliphatic carbocycles. The fourth-order valence-corrected chi connectivity index (χ4v) is 2.46. The number of carbonyl (C=O) groups excluding carboxylic acids is 1. The topological polar surface area (TPSA) is 26.3 Å². The molecule has 0 aromatic rings. The Morgan fingerprint density at radius 1 is 0.842 bits per heavy atom. The van der Waals surface area contributed by atoms with E-state index in [1.54, 1.807) is 0 Å². The lowest BCUT2D eigenvalue weighted by Crippen LogP contribution is -2.11. The third kappa shape index (κ3) is 11.0. The number of ether oxygens (including phenoxy) is 1. The van der Waals surface area contributed by atoms with Gasteiger partial charge in [0.15, 0.2) is 0 Å². The molecule has 2 nitrogen and oxygen atoms in total. The second-order valence-corrected chi connectivity index (χ2v) is 4.89. The van der Waals surface area contributed by atoms with E-state index in [0.29, 0.717) is 0 Å². The first kappa shape index (κ1) is 20.8. The van der Waals surface area contributed by atoms with Crippen LogP contribution in [0, 0.1) is 11.8 Å². The van der Waals surface area contributed by atoms with Gasteiger partial charge in [-0.25, -0.2) is 0 Å². The van der Waals surface area contributed by atoms with E-state index in [9.17, 15) is 4.79 Å². The summed E-state index contributed by atoms with van der Waals surface area (Å²) in [7, 11) is 1.46. The summed E-state index contributed by atoms with van der Waals surface area (Å²) in [6.45, 7) is 10.3. The van der Waals surface area contributed by atoms with Crippen molar-refractivity contribution in [1.29, 1.82) is 0 Å². The molecule has 0 atom stereocenters. The quantitative estimate of drug-likeness (QED) is 0.581. The van der Waals surface area contributed by atoms with Crippen LogP contribution in [0.1, 0.15) is 86.0 Å². The molecule has 0 N–H and O–H groups in total. The molecule has 0 amide bonds. The van der Waals surface area contributed by atoms with Crippen LogP contribution in [0.2, 0.25) is 0 Å². The van der Waals surface area contributed by atoms with Gasteiger partial charge in [0.1, 0.15) is 0 Å². The van der Waals surface area contributed by atoms with Gasteiger partial charge in [-0.1, -0.05) is 73.1 Å². The highest BCUT2D eigenvalue weighted by Crippen LogP contribution is 2.25. The second kappa shape index (κ2) is 15.5. The zero-order valence-electron chi connectivity index (χ0n) is 14.1. The van der Waals surface area contributed by atoms with Crippen molar-refractivity contribution in [3.63, 3.8) is 0 Å². The van der Waals surface area contributed by atoms with Gasteiger partial charge in [-0.15, -0.1) is 0 Å². The Labute approximate surface area is 121 Å². The van der Waals surface area contributed by atoms with E-state index in [-0.39, 0.29) is 11.9 Å². The maximum Gasteiger partial charge on any atom is 0.308 e. The minimum Gasteiger partial charge on any atom is -0.469 e. The summed E-state index contributed by atoms with van der Waals surface area (Å²) in [6.07, 6.45) is 10.4. The lowest BCUT2D eigenvalue weighted by molar-refractivity contribution is -0.145. The van der Waals surface area contributed by atoms with Gasteiger partial charge in [-0.05, 0) is 18.8 Å². The number of rotatable bonds is 1. The third-order valence-electron chi connectivity index (χ3n) is 3.53. The first-order valence-corrected chi connectivity index (χ1v) is 8.32. The lowest BCUT2D eigenvalue weighted by Gasteiger charge is -2.03. The van der Waals surface area contributed by atoms with E-state index >= 15 is 0 Å². The largest absolute Gasteiger partial charge is 0.469 e. The van der Waals surface area contributed by atoms with Gasteiger partial charge in [0.05, 0.1) is 13.0 Å². The molecule has 0 aliphatic heterocycles. The highest BCUT2D eigenvalue weighted by molar-refractivity contribution is 5.72. The van der Waals surface area contributed by atoms with Gasteiger partial charge >= 0.3 is 5.97 Å². The Morgan fingerprint density at radius 3 is 1.47 bits per heavy atom. The molecule has 0 unspecified atom stereocenters. The molecular formula is C17H36O2. The summed E-state index contributed by atoms with van der Waals surface area (Å²) < 4.78 is 4.60. The molecule has 2 rings (SSSR count). The Morgan fingerprint density at radius 2 is 1.21 bits per heavy atom. The van der Waals surface area contributed by atoms with E-state index in [1.807, 2.05) is 27.7 Å². The molecule has 2 saturated carbocycles. The van der Waals surface area contributed by atoms with Crippen molar-refractivity contribution in [3.05, 3.63) is 0 Å². The third-order valence-corrected chi connectivity index (χ3v) is 3.53. The van der Waals surface area contributed by atoms with Crippen LogP contribution < -0.4 is 0 Å². The Balaban J connectivity index is 0. The van der Waals surface area contributed by atoms with Crippen LogP contribution in [0.25, 0.3) is 0 Å². The first-order valence-electron chi connectivity index (χ1n) is 8.32. The van der Waals surface area contributed by atoms with Crippen molar-refractivity contribution in [3.8, 4) is 0 Å². The summed E-state index contributed by atoms with van der Waals surface area (Å²) in [6, 6.07) is 0. The van der Waals surface area contributed by atoms with E-state index in [0.717, 1.165) is 18.8 Å². The molecule has 0 saturated heterocycles. The molecule has 0 aromatic carbocycles. The van der Waals surface area contributed by atoms with E-state index in [1.165, 1.54) is 45.6 Å². The zero-order valence-corrected chi connectivity index (χ0v) is 14.1. The summed E-state index contributed by atoms with van der Waals surface area (Å²) >= 11 is 0. The van der Waals surface area contributed by atoms with Crippen LogP contribution in [0.15, 0.2) is 0 Å². The van der Waals surface area contributed by atoms with Crippen LogP contribution in [-0.2, 0) is 9.53 Å². The van der Waals surface area contributed by atoms with E-state index in [2.05, 4.69) is 11.7 Å². The van der Waals surface area contributed by atoms with Gasteiger partial charge in [-0.2, -0.15) is 0 Å². The lowest BCUT2D eigenvalue weighted by atomic mass is 10.1. The first-order chi connectivity index (χ1) is 9.24. The minimum atomic E-state index is -0.0208. The Bertz CT molecular complexity index is 178. The van der Waals surface area contributed by atoms with Gasteiger partial charge in [0, 0.05) is 0 Å². The standard InChI is InChI=1S/C7H12O2.C6H12.2C2H6/c1-9-7(8)6-4-2-3-5-6;1-6-4-2-3-5-6;2*1-2/h6H,2-5H2,1H3;6H,2-5H2,1H3;2*1-2H3. The molecular weight excluding hydrogens is 236 g/mol. The minimum absolute atomic E-state index is 0.0208. The van der Waals surface area contributed by atoms with Crippen molar-refractivity contribution in [2.24, 2.45) is 11.8 Å². The van der Waals surface area contributed by atoms with Crippen molar-refractivity contribution >= 4 is 5.97 Å². The average Bonchev–Trinajstić information content (AvgIpc) is 3.16. The number of hydrogen-bond donors (Lipinski definition) is 0. The predicted molar refractivity (Wildman–Crippen MR) is 84.3 cm³/mol. The SMILES string of the molecule is CC.CC.CC1CCCC1.COC(=O)C1CCCC1. The second-order valence-electron chi connectivity index (χ2n) is 4.89. The molecule has 0 bridgehead atoms. The normalized spacial score (nSPS) is 18.2. The zero-order chi connectivity index (χ0) is 15.1. The van der Waals surface area contributed by atoms with Crippen molar-refractivity contribution in [2.75, 3.05) is 7.11 Å². The predicted octanol–water partition coefficient (Wildman–Crippen LogP) is 5.60. The summed E-state index contributed by atoms with van der Waals surface area (Å²) in [5, 5.41) is 0. The van der Waals surface area contributed by atoms with Gasteiger partial charge < -0.3 is 4.74 Å². The average molecular weight is 272 g/mol. The Kier molecular flexibility index (Phi) is 17.0. The monoisotopic (exact) mass is 272 g/mol. The van der Waals surface area contributed by atoms with Crippen LogP contribution >= 0.6 is 0 Å². The molecule has 2 fully saturated rings. The highest BCUT2D eigenvalue weighted by Gasteiger charge is 2.22. The summed E-state index contributed by atoms with van der Waals surface area (Å²) in [5.74, 6) is 1.24. The van der Waals surface area contributed by atoms with Gasteiger partial charge in [-0.3, -0.25) is 4.79 Å². The molecule has 2 heteroatoms. The van der Waals surface area contributed by atoms with E-state index in [4.69, 9.17) is 0 Å². The van der Waals surface area contributed by atoms with Crippen LogP contribution in [0.3, 0.4) is 0 Å². The molecule has 19 heavy (non-hydrogen) atoms. The maximum absolute atomic E-state index is 10.8. The molecule has 0 aromatic heterocycles. The molecule has 0 radical (unpaired) electrons. The van der Waals surface area contributed by atoms with Crippen LogP contribution in [-0.4, -0.2) is 13.1 Å². The van der Waals surface area contributed by atoms with Gasteiger partial charge in [0.2, 0.25) is 0 Å². The summed E-state index contributed by atoms with van der Waals surface area (Å²) in [4.78, 5) is 10.8. The molecule has 0 spiro atoms. The van der Waals surface area contributed by atoms with Crippen LogP contribution in [0.5, 0.6) is 0 Å². The fourth-order valence-electron chi connectivity index (χ4n) is 2.46. The number of hydrogen-bond acceptors (Lipinski definition) is 2. The van der Waals surface area contributed by atoms with Gasteiger partial charge in [0.25, 0.3) is 0 Å². The van der Waals surface area contributed by atoms with Crippen molar-refractivity contribution in [1.82, 2.24) is 0 Å². The fraction of sp³-hybridized carbons (Fsp3) is 0.941. The molecule has 2 aliphatic rings. The van der Waals surface area contributed by atoms with Crippen molar-refractivity contribution in [2.45, 2.75) is 86.0 Å². The Hall–Kier alpha value is -0.530. The van der Waals surface area contributed by atoms with Crippen molar-refractivity contribution < 1.29 is 9.53 Å². The highest BCUT2D eigenvalue weighted by atomic mass is 16.5. The number of methoxy groups -OCH3 is 1. The molecule has 0 heterocycles. The number of esters is 1. The number of carbonyl (C=O) groups is 1. The summed E-state index contributed by atoms with van der Waals surface area (Å²) in [5.41, 5.74) is 0. The smallest absolute Gasteiger partial charge is 0.308 e. The molecule has 116 valence electrons. The van der Waals surface area contributed by atoms with Crippen LogP contribution in [0.4, 0.5) is 0 Å². The van der Waals surface area contributed by atoms with E-state index < -0.39 is 0 Å². The maximum atomic E-state index is 10.8.